The Balaban J connectivity index is 1.51. The van der Waals surface area contributed by atoms with Gasteiger partial charge in [-0.15, -0.1) is 0 Å². The molecule has 2 aliphatic heterocycles. The normalized spacial score (nSPS) is 18.2. The summed E-state index contributed by atoms with van der Waals surface area (Å²) in [6, 6.07) is 20.5. The number of carbonyl (C=O) groups is 1. The largest absolute Gasteiger partial charge is 0.328 e. The summed E-state index contributed by atoms with van der Waals surface area (Å²) >= 11 is 0. The van der Waals surface area contributed by atoms with Crippen molar-refractivity contribution in [2.24, 2.45) is 0 Å². The highest BCUT2D eigenvalue weighted by Gasteiger charge is 2.32. The molecule has 1 unspecified atom stereocenters. The van der Waals surface area contributed by atoms with E-state index in [9.17, 15) is 10.1 Å². The summed E-state index contributed by atoms with van der Waals surface area (Å²) in [4.78, 5) is 18.1. The van der Waals surface area contributed by atoms with Crippen molar-refractivity contribution in [2.45, 2.75) is 6.42 Å². The van der Waals surface area contributed by atoms with Gasteiger partial charge in [-0.1, -0.05) is 42.5 Å². The second-order valence-electron chi connectivity index (χ2n) is 7.57. The molecule has 2 heterocycles. The Labute approximate surface area is 171 Å². The molecule has 146 valence electrons. The van der Waals surface area contributed by atoms with Gasteiger partial charge in [0.25, 0.3) is 0 Å². The third kappa shape index (κ3) is 3.55. The molecule has 2 aliphatic rings. The smallest absolute Gasteiger partial charge is 0.231 e. The number of Topliss-reactive ketones (excluding diaryl/α,β-unsaturated/α-hetero) is 1. The third-order valence-electron chi connectivity index (χ3n) is 5.79. The Hall–Kier alpha value is -3.36. The van der Waals surface area contributed by atoms with E-state index in [0.29, 0.717) is 12.4 Å². The Morgan fingerprint density at radius 1 is 1.03 bits per heavy atom. The molecule has 0 aromatic heterocycles. The average Bonchev–Trinajstić information content (AvgIpc) is 3.01. The van der Waals surface area contributed by atoms with Crippen molar-refractivity contribution in [1.82, 2.24) is 0 Å². The first-order chi connectivity index (χ1) is 14.1. The van der Waals surface area contributed by atoms with E-state index in [1.54, 1.807) is 0 Å². The van der Waals surface area contributed by atoms with Crippen LogP contribution in [0.15, 0.2) is 72.1 Å². The molecule has 4 rings (SSSR count). The summed E-state index contributed by atoms with van der Waals surface area (Å²) in [5, 5.41) is 9.79. The molecule has 1 atom stereocenters. The zero-order valence-corrected chi connectivity index (χ0v) is 16.9. The fraction of sp³-hybridized carbons (Fsp3) is 0.250. The zero-order valence-electron chi connectivity index (χ0n) is 16.9. The van der Waals surface area contributed by atoms with Gasteiger partial charge in [0, 0.05) is 20.5 Å². The number of nitriles is 1. The summed E-state index contributed by atoms with van der Waals surface area (Å²) < 4.78 is 0. The van der Waals surface area contributed by atoms with Crippen LogP contribution in [0, 0.1) is 11.3 Å². The summed E-state index contributed by atoms with van der Waals surface area (Å²) in [5.41, 5.74) is 4.84. The maximum absolute atomic E-state index is 13.0. The molecule has 0 aliphatic carbocycles. The SMILES string of the molecule is CN1C(=C(C#N)C(=O)C[NH+]2CC=C(c3ccccc3)CC2)N(C)c2ccccc21. The third-order valence-corrected chi connectivity index (χ3v) is 5.79. The standard InChI is InChI=1S/C24H24N4O/c1-26-21-10-6-7-11-22(21)27(2)24(26)20(16-25)23(29)17-28-14-12-19(13-15-28)18-8-4-3-5-9-18/h3-12H,13-15,17H2,1-2H3/p+1. The molecular formula is C24H25N4O+. The van der Waals surface area contributed by atoms with Gasteiger partial charge in [-0.2, -0.15) is 5.26 Å². The predicted octanol–water partition coefficient (Wildman–Crippen LogP) is 2.25. The maximum atomic E-state index is 13.0. The van der Waals surface area contributed by atoms with Gasteiger partial charge in [0.1, 0.15) is 24.0 Å². The lowest BCUT2D eigenvalue weighted by atomic mass is 9.99. The summed E-state index contributed by atoms with van der Waals surface area (Å²) in [6.45, 7) is 2.03. The monoisotopic (exact) mass is 385 g/mol. The fourth-order valence-corrected chi connectivity index (χ4v) is 4.23. The molecule has 0 fully saturated rings. The lowest BCUT2D eigenvalue weighted by Crippen LogP contribution is -3.13. The fourth-order valence-electron chi connectivity index (χ4n) is 4.23. The van der Waals surface area contributed by atoms with Crippen LogP contribution in [-0.2, 0) is 4.79 Å². The highest BCUT2D eigenvalue weighted by atomic mass is 16.1. The number of para-hydroxylation sites is 2. The van der Waals surface area contributed by atoms with Gasteiger partial charge in [-0.3, -0.25) is 4.79 Å². The van der Waals surface area contributed by atoms with Crippen LogP contribution in [0.25, 0.3) is 5.57 Å². The van der Waals surface area contributed by atoms with Gasteiger partial charge in [0.05, 0.1) is 24.5 Å². The van der Waals surface area contributed by atoms with Crippen LogP contribution >= 0.6 is 0 Å². The second kappa shape index (κ2) is 7.94. The van der Waals surface area contributed by atoms with E-state index in [0.717, 1.165) is 30.9 Å². The number of quaternary nitrogens is 1. The number of rotatable bonds is 4. The minimum atomic E-state index is -0.0967. The number of fused-ring (bicyclic) bond motifs is 1. The second-order valence-corrected chi connectivity index (χ2v) is 7.57. The van der Waals surface area contributed by atoms with Crippen molar-refractivity contribution in [3.63, 3.8) is 0 Å². The molecule has 0 saturated carbocycles. The first-order valence-electron chi connectivity index (χ1n) is 9.92. The minimum Gasteiger partial charge on any atom is -0.328 e. The molecule has 5 nitrogen and oxygen atoms in total. The van der Waals surface area contributed by atoms with Crippen molar-refractivity contribution < 1.29 is 9.69 Å². The van der Waals surface area contributed by atoms with Crippen LogP contribution in [0.2, 0.25) is 0 Å². The lowest BCUT2D eigenvalue weighted by Gasteiger charge is -2.24. The number of carbonyl (C=O) groups excluding carboxylic acids is 1. The molecular weight excluding hydrogens is 360 g/mol. The van der Waals surface area contributed by atoms with Crippen LogP contribution in [0.3, 0.4) is 0 Å². The van der Waals surface area contributed by atoms with Gasteiger partial charge < -0.3 is 14.7 Å². The molecule has 2 aromatic carbocycles. The van der Waals surface area contributed by atoms with Crippen molar-refractivity contribution >= 4 is 22.7 Å². The summed E-state index contributed by atoms with van der Waals surface area (Å²) in [7, 11) is 3.82. The first-order valence-corrected chi connectivity index (χ1v) is 9.92. The number of nitrogens with one attached hydrogen (secondary N) is 1. The van der Waals surface area contributed by atoms with Crippen LogP contribution in [-0.4, -0.2) is 39.5 Å². The summed E-state index contributed by atoms with van der Waals surface area (Å²) in [5.74, 6) is 0.566. The number of nitrogens with zero attached hydrogens (tertiary/aromatic N) is 3. The number of anilines is 2. The van der Waals surface area contributed by atoms with Crippen LogP contribution < -0.4 is 14.7 Å². The van der Waals surface area contributed by atoms with Gasteiger partial charge in [0.2, 0.25) is 5.78 Å². The van der Waals surface area contributed by atoms with Crippen LogP contribution in [0.1, 0.15) is 12.0 Å². The first kappa shape index (κ1) is 19.0. The molecule has 0 amide bonds. The number of ketones is 1. The van der Waals surface area contributed by atoms with E-state index in [1.807, 2.05) is 54.2 Å². The summed E-state index contributed by atoms with van der Waals surface area (Å²) in [6.07, 6.45) is 3.17. The Morgan fingerprint density at radius 2 is 1.66 bits per heavy atom. The molecule has 2 aromatic rings. The minimum absolute atomic E-state index is 0.0967. The van der Waals surface area contributed by atoms with Gasteiger partial charge >= 0.3 is 0 Å². The van der Waals surface area contributed by atoms with Crippen molar-refractivity contribution in [3.05, 3.63) is 77.6 Å². The molecule has 0 saturated heterocycles. The van der Waals surface area contributed by atoms with Gasteiger partial charge in [0.15, 0.2) is 0 Å². The molecule has 29 heavy (non-hydrogen) atoms. The molecule has 0 bridgehead atoms. The quantitative estimate of drug-likeness (QED) is 0.648. The van der Waals surface area contributed by atoms with Crippen molar-refractivity contribution in [1.29, 1.82) is 5.26 Å². The molecule has 0 spiro atoms. The van der Waals surface area contributed by atoms with Crippen molar-refractivity contribution in [3.8, 4) is 6.07 Å². The van der Waals surface area contributed by atoms with E-state index in [2.05, 4.69) is 36.4 Å². The Bertz CT molecular complexity index is 1000. The van der Waals surface area contributed by atoms with E-state index in [-0.39, 0.29) is 11.4 Å². The van der Waals surface area contributed by atoms with E-state index >= 15 is 0 Å². The number of benzene rings is 2. The topological polar surface area (TPSA) is 51.8 Å². The Kier molecular flexibility index (Phi) is 5.20. The van der Waals surface area contributed by atoms with Crippen LogP contribution in [0.4, 0.5) is 11.4 Å². The van der Waals surface area contributed by atoms with Crippen molar-refractivity contribution in [2.75, 3.05) is 43.5 Å². The van der Waals surface area contributed by atoms with E-state index < -0.39 is 0 Å². The Morgan fingerprint density at radius 3 is 2.21 bits per heavy atom. The maximum Gasteiger partial charge on any atom is 0.231 e. The highest BCUT2D eigenvalue weighted by Crippen LogP contribution is 2.40. The zero-order chi connectivity index (χ0) is 20.4. The number of hydrogen-bond acceptors (Lipinski definition) is 4. The van der Waals surface area contributed by atoms with E-state index in [1.165, 1.54) is 16.0 Å². The van der Waals surface area contributed by atoms with E-state index in [4.69, 9.17) is 0 Å². The molecule has 5 heteroatoms. The van der Waals surface area contributed by atoms with Gasteiger partial charge in [-0.05, 0) is 29.3 Å². The van der Waals surface area contributed by atoms with Crippen LogP contribution in [0.5, 0.6) is 0 Å². The molecule has 0 radical (unpaired) electrons. The highest BCUT2D eigenvalue weighted by molar-refractivity contribution is 6.03. The number of hydrogen-bond donors (Lipinski definition) is 1. The van der Waals surface area contributed by atoms with Gasteiger partial charge in [-0.25, -0.2) is 0 Å². The average molecular weight is 385 g/mol. The molecule has 1 N–H and O–H groups in total. The lowest BCUT2D eigenvalue weighted by molar-refractivity contribution is -0.886. The predicted molar refractivity (Wildman–Crippen MR) is 115 cm³/mol.